The van der Waals surface area contributed by atoms with E-state index < -0.39 is 0 Å². The lowest BCUT2D eigenvalue weighted by molar-refractivity contribution is -0.133. The first-order valence-corrected chi connectivity index (χ1v) is 10.7. The summed E-state index contributed by atoms with van der Waals surface area (Å²) in [5.74, 6) is 3.39. The van der Waals surface area contributed by atoms with Gasteiger partial charge in [-0.3, -0.25) is 4.79 Å². The number of methoxy groups -OCH3 is 1. The number of piperazine rings is 1. The average Bonchev–Trinajstić information content (AvgIpc) is 3.35. The number of hydrogen-bond acceptors (Lipinski definition) is 8. The number of fused-ring (bicyclic) bond motifs is 1. The molecule has 0 spiro atoms. The summed E-state index contributed by atoms with van der Waals surface area (Å²) >= 11 is 0. The van der Waals surface area contributed by atoms with Crippen LogP contribution in [0.5, 0.6) is 23.0 Å². The van der Waals surface area contributed by atoms with Crippen LogP contribution in [0, 0.1) is 0 Å². The van der Waals surface area contributed by atoms with Crippen LogP contribution in [0.25, 0.3) is 11.3 Å². The highest BCUT2D eigenvalue weighted by Crippen LogP contribution is 2.35. The maximum atomic E-state index is 12.6. The number of benzene rings is 2. The molecule has 5 rings (SSSR count). The van der Waals surface area contributed by atoms with Gasteiger partial charge in [0.1, 0.15) is 11.5 Å². The molecule has 9 nitrogen and oxygen atoms in total. The van der Waals surface area contributed by atoms with Crippen molar-refractivity contribution in [2.24, 2.45) is 0 Å². The first kappa shape index (κ1) is 20.9. The number of para-hydroxylation sites is 1. The van der Waals surface area contributed by atoms with Crippen LogP contribution in [0.1, 0.15) is 0 Å². The molecule has 3 heterocycles. The van der Waals surface area contributed by atoms with Crippen molar-refractivity contribution in [3.63, 3.8) is 0 Å². The van der Waals surface area contributed by atoms with E-state index in [0.717, 1.165) is 22.8 Å². The van der Waals surface area contributed by atoms with Crippen molar-refractivity contribution in [3.8, 4) is 34.3 Å². The summed E-state index contributed by atoms with van der Waals surface area (Å²) < 4.78 is 21.7. The molecule has 1 aromatic heterocycles. The van der Waals surface area contributed by atoms with Gasteiger partial charge in [0.15, 0.2) is 23.9 Å². The lowest BCUT2D eigenvalue weighted by Crippen LogP contribution is -2.50. The Morgan fingerprint density at radius 2 is 1.79 bits per heavy atom. The van der Waals surface area contributed by atoms with Gasteiger partial charge in [0.2, 0.25) is 6.79 Å². The minimum atomic E-state index is -0.0510. The second-order valence-corrected chi connectivity index (χ2v) is 7.65. The van der Waals surface area contributed by atoms with Gasteiger partial charge in [0.05, 0.1) is 12.8 Å². The number of nitrogens with zero attached hydrogens (tertiary/aromatic N) is 4. The fourth-order valence-electron chi connectivity index (χ4n) is 3.88. The molecule has 1 saturated heterocycles. The van der Waals surface area contributed by atoms with Crippen LogP contribution in [0.4, 0.5) is 5.82 Å². The van der Waals surface area contributed by atoms with Crippen molar-refractivity contribution in [1.29, 1.82) is 0 Å². The second-order valence-electron chi connectivity index (χ2n) is 7.65. The summed E-state index contributed by atoms with van der Waals surface area (Å²) in [7, 11) is 1.64. The van der Waals surface area contributed by atoms with E-state index in [0.29, 0.717) is 43.4 Å². The molecule has 2 aliphatic rings. The Labute approximate surface area is 191 Å². The summed E-state index contributed by atoms with van der Waals surface area (Å²) in [6.45, 7) is 2.73. The fourth-order valence-corrected chi connectivity index (χ4v) is 3.88. The number of hydrogen-bond donors (Lipinski definition) is 0. The van der Waals surface area contributed by atoms with Gasteiger partial charge in [-0.1, -0.05) is 12.1 Å². The van der Waals surface area contributed by atoms with Crippen LogP contribution in [-0.4, -0.2) is 67.7 Å². The predicted molar refractivity (Wildman–Crippen MR) is 121 cm³/mol. The zero-order chi connectivity index (χ0) is 22.6. The number of carbonyl (C=O) groups is 1. The highest BCUT2D eigenvalue weighted by Gasteiger charge is 2.23. The van der Waals surface area contributed by atoms with E-state index in [1.807, 2.05) is 36.4 Å². The van der Waals surface area contributed by atoms with Crippen molar-refractivity contribution in [2.45, 2.75) is 0 Å². The second kappa shape index (κ2) is 9.23. The molecule has 0 aliphatic carbocycles. The molecule has 0 unspecified atom stereocenters. The Balaban J connectivity index is 1.14. The van der Waals surface area contributed by atoms with Crippen LogP contribution in [0.2, 0.25) is 0 Å². The summed E-state index contributed by atoms with van der Waals surface area (Å²) in [5.41, 5.74) is 1.66. The van der Waals surface area contributed by atoms with Gasteiger partial charge >= 0.3 is 0 Å². The lowest BCUT2D eigenvalue weighted by Gasteiger charge is -2.35. The van der Waals surface area contributed by atoms with Crippen LogP contribution in [0.15, 0.2) is 54.6 Å². The normalized spacial score (nSPS) is 14.8. The maximum Gasteiger partial charge on any atom is 0.260 e. The van der Waals surface area contributed by atoms with E-state index in [-0.39, 0.29) is 19.3 Å². The van der Waals surface area contributed by atoms with Crippen molar-refractivity contribution in [3.05, 3.63) is 54.6 Å². The third-order valence-electron chi connectivity index (χ3n) is 5.70. The first-order valence-electron chi connectivity index (χ1n) is 10.7. The molecule has 9 heteroatoms. The van der Waals surface area contributed by atoms with Gasteiger partial charge in [0, 0.05) is 37.8 Å². The van der Waals surface area contributed by atoms with Gasteiger partial charge in [0.25, 0.3) is 5.91 Å². The zero-order valence-corrected chi connectivity index (χ0v) is 18.3. The van der Waals surface area contributed by atoms with E-state index in [9.17, 15) is 4.79 Å². The molecular weight excluding hydrogens is 424 g/mol. The van der Waals surface area contributed by atoms with E-state index in [4.69, 9.17) is 18.9 Å². The average molecular weight is 448 g/mol. The van der Waals surface area contributed by atoms with E-state index >= 15 is 0 Å². The van der Waals surface area contributed by atoms with E-state index in [1.54, 1.807) is 30.2 Å². The quantitative estimate of drug-likeness (QED) is 0.569. The van der Waals surface area contributed by atoms with Gasteiger partial charge in [-0.15, -0.1) is 10.2 Å². The molecule has 170 valence electrons. The minimum Gasteiger partial charge on any atom is -0.496 e. The van der Waals surface area contributed by atoms with Gasteiger partial charge in [-0.2, -0.15) is 0 Å². The summed E-state index contributed by atoms with van der Waals surface area (Å²) in [6.07, 6.45) is 0. The topological polar surface area (TPSA) is 86.3 Å². The molecule has 0 radical (unpaired) electrons. The van der Waals surface area contributed by atoms with Gasteiger partial charge in [-0.05, 0) is 36.4 Å². The van der Waals surface area contributed by atoms with Gasteiger partial charge < -0.3 is 28.7 Å². The molecular formula is C24H24N4O5. The molecule has 0 atom stereocenters. The summed E-state index contributed by atoms with van der Waals surface area (Å²) in [6, 6.07) is 16.9. The van der Waals surface area contributed by atoms with Crippen LogP contribution >= 0.6 is 0 Å². The summed E-state index contributed by atoms with van der Waals surface area (Å²) in [5, 5.41) is 8.78. The standard InChI is InChI=1S/C24H24N4O5/c1-30-20-5-3-2-4-18(20)19-7-9-23(26-25-19)27-10-12-28(13-11-27)24(29)15-31-17-6-8-21-22(14-17)33-16-32-21/h2-9,14H,10-13,15-16H2,1H3. The molecule has 0 saturated carbocycles. The predicted octanol–water partition coefficient (Wildman–Crippen LogP) is 2.61. The summed E-state index contributed by atoms with van der Waals surface area (Å²) in [4.78, 5) is 16.5. The Morgan fingerprint density at radius 1 is 0.970 bits per heavy atom. The minimum absolute atomic E-state index is 0.0208. The largest absolute Gasteiger partial charge is 0.496 e. The van der Waals surface area contributed by atoms with Crippen molar-refractivity contribution < 1.29 is 23.7 Å². The highest BCUT2D eigenvalue weighted by atomic mass is 16.7. The highest BCUT2D eigenvalue weighted by molar-refractivity contribution is 5.78. The smallest absolute Gasteiger partial charge is 0.260 e. The Bertz CT molecular complexity index is 1130. The van der Waals surface area contributed by atoms with Crippen molar-refractivity contribution in [2.75, 3.05) is 51.6 Å². The van der Waals surface area contributed by atoms with E-state index in [2.05, 4.69) is 15.1 Å². The van der Waals surface area contributed by atoms with Gasteiger partial charge in [-0.25, -0.2) is 0 Å². The Hall–Kier alpha value is -4.01. The van der Waals surface area contributed by atoms with E-state index in [1.165, 1.54) is 0 Å². The molecule has 2 aromatic carbocycles. The zero-order valence-electron chi connectivity index (χ0n) is 18.3. The maximum absolute atomic E-state index is 12.6. The molecule has 2 aliphatic heterocycles. The Morgan fingerprint density at radius 3 is 2.58 bits per heavy atom. The number of rotatable bonds is 6. The fraction of sp³-hybridized carbons (Fsp3) is 0.292. The molecule has 33 heavy (non-hydrogen) atoms. The SMILES string of the molecule is COc1ccccc1-c1ccc(N2CCN(C(=O)COc3ccc4c(c3)OCO4)CC2)nn1. The van der Waals surface area contributed by atoms with Crippen LogP contribution < -0.4 is 23.8 Å². The Kier molecular flexibility index (Phi) is 5.84. The first-order chi connectivity index (χ1) is 16.2. The monoisotopic (exact) mass is 448 g/mol. The number of anilines is 1. The molecule has 1 fully saturated rings. The van der Waals surface area contributed by atoms with Crippen molar-refractivity contribution >= 4 is 11.7 Å². The third kappa shape index (κ3) is 4.48. The number of ether oxygens (including phenoxy) is 4. The lowest BCUT2D eigenvalue weighted by atomic mass is 10.1. The van der Waals surface area contributed by atoms with Crippen molar-refractivity contribution in [1.82, 2.24) is 15.1 Å². The third-order valence-corrected chi connectivity index (χ3v) is 5.70. The molecule has 0 N–H and O–H groups in total. The van der Waals surface area contributed by atoms with Crippen LogP contribution in [0.3, 0.4) is 0 Å². The number of aromatic nitrogens is 2. The van der Waals surface area contributed by atoms with Crippen LogP contribution in [-0.2, 0) is 4.79 Å². The molecule has 0 bridgehead atoms. The number of carbonyl (C=O) groups excluding carboxylic acids is 1. The molecule has 1 amide bonds. The number of amides is 1. The molecule has 3 aromatic rings.